The average molecular weight is 239 g/mol. The lowest BCUT2D eigenvalue weighted by atomic mass is 10.1. The van der Waals surface area contributed by atoms with Gasteiger partial charge in [-0.2, -0.15) is 0 Å². The minimum absolute atomic E-state index is 0.214. The van der Waals surface area contributed by atoms with Crippen LogP contribution in [0.2, 0.25) is 0 Å². The molecular formula is C14H13N3O. The second-order valence-electron chi connectivity index (χ2n) is 3.79. The molecule has 4 heteroatoms. The van der Waals surface area contributed by atoms with E-state index in [4.69, 9.17) is 0 Å². The summed E-state index contributed by atoms with van der Waals surface area (Å²) >= 11 is 0. The summed E-state index contributed by atoms with van der Waals surface area (Å²) in [4.78, 5) is 20.2. The molecule has 0 bridgehead atoms. The molecule has 0 unspecified atom stereocenters. The van der Waals surface area contributed by atoms with Crippen molar-refractivity contribution in [1.82, 2.24) is 9.97 Å². The number of carbonyl (C=O) groups is 1. The lowest BCUT2D eigenvalue weighted by molar-refractivity contribution is 0.102. The first-order valence-electron chi connectivity index (χ1n) is 5.52. The zero-order valence-electron chi connectivity index (χ0n) is 10.1. The summed E-state index contributed by atoms with van der Waals surface area (Å²) in [6.45, 7) is 5.56. The van der Waals surface area contributed by atoms with Crippen LogP contribution in [0.1, 0.15) is 21.6 Å². The minimum atomic E-state index is -0.214. The van der Waals surface area contributed by atoms with Crippen molar-refractivity contribution in [3.63, 3.8) is 0 Å². The molecule has 1 N–H and O–H groups in total. The highest BCUT2D eigenvalue weighted by molar-refractivity contribution is 6.06. The highest BCUT2D eigenvalue weighted by atomic mass is 16.1. The van der Waals surface area contributed by atoms with E-state index in [-0.39, 0.29) is 5.91 Å². The largest absolute Gasteiger partial charge is 0.320 e. The summed E-state index contributed by atoms with van der Waals surface area (Å²) < 4.78 is 0. The summed E-state index contributed by atoms with van der Waals surface area (Å²) in [6.07, 6.45) is 6.50. The van der Waals surface area contributed by atoms with Gasteiger partial charge in [0.1, 0.15) is 0 Å². The number of rotatable bonds is 3. The van der Waals surface area contributed by atoms with Crippen molar-refractivity contribution < 1.29 is 4.79 Å². The second kappa shape index (κ2) is 5.23. The van der Waals surface area contributed by atoms with Gasteiger partial charge in [-0.25, -0.2) is 0 Å². The Bertz CT molecular complexity index is 593. The Labute approximate surface area is 105 Å². The molecule has 2 rings (SSSR count). The maximum atomic E-state index is 12.1. The fraction of sp³-hybridized carbons (Fsp3) is 0.0714. The van der Waals surface area contributed by atoms with Gasteiger partial charge in [0.05, 0.1) is 23.1 Å². The molecule has 0 aliphatic carbocycles. The van der Waals surface area contributed by atoms with Crippen molar-refractivity contribution in [2.45, 2.75) is 6.92 Å². The quantitative estimate of drug-likeness (QED) is 0.895. The van der Waals surface area contributed by atoms with E-state index >= 15 is 0 Å². The van der Waals surface area contributed by atoms with Crippen molar-refractivity contribution >= 4 is 17.7 Å². The van der Waals surface area contributed by atoms with Crippen LogP contribution in [0.15, 0.2) is 43.4 Å². The number of nitrogens with one attached hydrogen (secondary N) is 1. The van der Waals surface area contributed by atoms with Crippen LogP contribution < -0.4 is 5.32 Å². The Balaban J connectivity index is 2.28. The van der Waals surface area contributed by atoms with Gasteiger partial charge in [-0.05, 0) is 36.8 Å². The van der Waals surface area contributed by atoms with Crippen LogP contribution in [0.3, 0.4) is 0 Å². The third-order valence-corrected chi connectivity index (χ3v) is 2.56. The van der Waals surface area contributed by atoms with Crippen LogP contribution in [-0.2, 0) is 0 Å². The summed E-state index contributed by atoms with van der Waals surface area (Å²) in [6, 6.07) is 5.27. The molecule has 0 aromatic carbocycles. The lowest BCUT2D eigenvalue weighted by Gasteiger charge is -2.08. The third kappa shape index (κ3) is 2.43. The number of amides is 1. The normalized spacial score (nSPS) is 9.83. The SMILES string of the molecule is C=Cc1ncccc1C(=O)Nc1cnccc1C. The Morgan fingerprint density at radius 3 is 2.94 bits per heavy atom. The molecule has 1 amide bonds. The van der Waals surface area contributed by atoms with E-state index in [2.05, 4.69) is 21.9 Å². The molecular weight excluding hydrogens is 226 g/mol. The van der Waals surface area contributed by atoms with Crippen molar-refractivity contribution in [3.05, 3.63) is 60.2 Å². The molecule has 90 valence electrons. The molecule has 2 heterocycles. The maximum Gasteiger partial charge on any atom is 0.257 e. The number of pyridine rings is 2. The summed E-state index contributed by atoms with van der Waals surface area (Å²) in [5, 5.41) is 2.81. The Kier molecular flexibility index (Phi) is 3.48. The molecule has 0 aliphatic rings. The zero-order chi connectivity index (χ0) is 13.0. The van der Waals surface area contributed by atoms with Crippen molar-refractivity contribution in [2.75, 3.05) is 5.32 Å². The molecule has 4 nitrogen and oxygen atoms in total. The predicted octanol–water partition coefficient (Wildman–Crippen LogP) is 2.68. The number of aryl methyl sites for hydroxylation is 1. The average Bonchev–Trinajstić information content (AvgIpc) is 2.41. The third-order valence-electron chi connectivity index (χ3n) is 2.56. The van der Waals surface area contributed by atoms with Gasteiger partial charge < -0.3 is 5.32 Å². The van der Waals surface area contributed by atoms with Gasteiger partial charge in [0.25, 0.3) is 5.91 Å². The molecule has 18 heavy (non-hydrogen) atoms. The number of aromatic nitrogens is 2. The Morgan fingerprint density at radius 1 is 1.39 bits per heavy atom. The molecule has 0 saturated heterocycles. The van der Waals surface area contributed by atoms with Crippen molar-refractivity contribution in [1.29, 1.82) is 0 Å². The van der Waals surface area contributed by atoms with Gasteiger partial charge in [-0.3, -0.25) is 14.8 Å². The number of nitrogens with zero attached hydrogens (tertiary/aromatic N) is 2. The molecule has 2 aromatic heterocycles. The fourth-order valence-electron chi connectivity index (χ4n) is 1.56. The van der Waals surface area contributed by atoms with E-state index in [1.165, 1.54) is 0 Å². The summed E-state index contributed by atoms with van der Waals surface area (Å²) in [5.41, 5.74) is 2.72. The van der Waals surface area contributed by atoms with Crippen molar-refractivity contribution in [3.8, 4) is 0 Å². The molecule has 0 spiro atoms. The molecule has 0 radical (unpaired) electrons. The predicted molar refractivity (Wildman–Crippen MR) is 71.3 cm³/mol. The van der Waals surface area contributed by atoms with E-state index in [0.717, 1.165) is 5.56 Å². The first-order chi connectivity index (χ1) is 8.72. The van der Waals surface area contributed by atoms with E-state index < -0.39 is 0 Å². The smallest absolute Gasteiger partial charge is 0.257 e. The monoisotopic (exact) mass is 239 g/mol. The van der Waals surface area contributed by atoms with Crippen LogP contribution >= 0.6 is 0 Å². The highest BCUT2D eigenvalue weighted by Gasteiger charge is 2.11. The first-order valence-corrected chi connectivity index (χ1v) is 5.52. The lowest BCUT2D eigenvalue weighted by Crippen LogP contribution is -2.14. The molecule has 0 aliphatic heterocycles. The van der Waals surface area contributed by atoms with E-state index in [1.807, 2.05) is 13.0 Å². The maximum absolute atomic E-state index is 12.1. The van der Waals surface area contributed by atoms with Gasteiger partial charge in [0, 0.05) is 12.4 Å². The number of hydrogen-bond donors (Lipinski definition) is 1. The zero-order valence-corrected chi connectivity index (χ0v) is 10.1. The van der Waals surface area contributed by atoms with E-state index in [0.29, 0.717) is 16.9 Å². The Hall–Kier alpha value is -2.49. The summed E-state index contributed by atoms with van der Waals surface area (Å²) in [5.74, 6) is -0.214. The van der Waals surface area contributed by atoms with Crippen LogP contribution in [0.25, 0.3) is 6.08 Å². The molecule has 0 fully saturated rings. The van der Waals surface area contributed by atoms with Gasteiger partial charge in [0.15, 0.2) is 0 Å². The van der Waals surface area contributed by atoms with E-state index in [1.54, 1.807) is 36.8 Å². The number of hydrogen-bond acceptors (Lipinski definition) is 3. The van der Waals surface area contributed by atoms with Gasteiger partial charge >= 0.3 is 0 Å². The van der Waals surface area contributed by atoms with Gasteiger partial charge in [-0.1, -0.05) is 6.58 Å². The fourth-order valence-corrected chi connectivity index (χ4v) is 1.56. The van der Waals surface area contributed by atoms with Crippen LogP contribution in [0.5, 0.6) is 0 Å². The van der Waals surface area contributed by atoms with Gasteiger partial charge in [0.2, 0.25) is 0 Å². The van der Waals surface area contributed by atoms with Crippen LogP contribution in [0.4, 0.5) is 5.69 Å². The molecule has 0 saturated carbocycles. The van der Waals surface area contributed by atoms with Crippen molar-refractivity contribution in [2.24, 2.45) is 0 Å². The highest BCUT2D eigenvalue weighted by Crippen LogP contribution is 2.14. The molecule has 2 aromatic rings. The molecule has 0 atom stereocenters. The number of anilines is 1. The standard InChI is InChI=1S/C14H13N3O/c1-3-12-11(5-4-7-16-12)14(18)17-13-9-15-8-6-10(13)2/h3-9H,1H2,2H3,(H,17,18). The van der Waals surface area contributed by atoms with Crippen LogP contribution in [0, 0.1) is 6.92 Å². The van der Waals surface area contributed by atoms with Gasteiger partial charge in [-0.15, -0.1) is 0 Å². The first kappa shape index (κ1) is 12.0. The number of carbonyl (C=O) groups excluding carboxylic acids is 1. The minimum Gasteiger partial charge on any atom is -0.320 e. The summed E-state index contributed by atoms with van der Waals surface area (Å²) in [7, 11) is 0. The topological polar surface area (TPSA) is 54.9 Å². The Morgan fingerprint density at radius 2 is 2.22 bits per heavy atom. The second-order valence-corrected chi connectivity index (χ2v) is 3.79. The van der Waals surface area contributed by atoms with Crippen LogP contribution in [-0.4, -0.2) is 15.9 Å². The van der Waals surface area contributed by atoms with E-state index in [9.17, 15) is 4.79 Å².